The summed E-state index contributed by atoms with van der Waals surface area (Å²) in [4.78, 5) is 2.37. The third-order valence-electron chi connectivity index (χ3n) is 12.2. The van der Waals surface area contributed by atoms with Crippen LogP contribution in [-0.4, -0.2) is 0 Å². The smallest absolute Gasteiger partial charge is 0.0467 e. The van der Waals surface area contributed by atoms with Crippen LogP contribution < -0.4 is 4.90 Å². The number of anilines is 3. The molecule has 1 spiro atoms. The molecule has 6 aromatic carbocycles. The molecule has 47 heavy (non-hydrogen) atoms. The predicted molar refractivity (Wildman–Crippen MR) is 195 cm³/mol. The molecule has 4 bridgehead atoms. The Labute approximate surface area is 278 Å². The number of rotatable bonds is 5. The standard InChI is InChI=1S/C46H39N/c1-3-10-33(11-4-1)35-12-9-15-41(29-35)47(39-13-5-2-6-14-39)40-21-18-34(19-22-40)36-20-23-45-43(30-36)42-16-7-8-17-44(42)46(45)37-25-31-24-32(27-37)28-38(46)26-31/h1-23,29-32,37-38H,24-28H2. The monoisotopic (exact) mass is 605 g/mol. The van der Waals surface area contributed by atoms with Gasteiger partial charge in [0.1, 0.15) is 0 Å². The maximum absolute atomic E-state index is 2.53. The van der Waals surface area contributed by atoms with E-state index < -0.39 is 0 Å². The Kier molecular flexibility index (Phi) is 6.13. The molecule has 0 aromatic heterocycles. The number of benzene rings is 6. The highest BCUT2D eigenvalue weighted by Crippen LogP contribution is 2.69. The van der Waals surface area contributed by atoms with Crippen molar-refractivity contribution in [3.05, 3.63) is 163 Å². The van der Waals surface area contributed by atoms with Gasteiger partial charge in [-0.1, -0.05) is 109 Å². The molecule has 0 N–H and O–H groups in total. The summed E-state index contributed by atoms with van der Waals surface area (Å²) in [6.45, 7) is 0. The van der Waals surface area contributed by atoms with Crippen LogP contribution in [-0.2, 0) is 5.41 Å². The molecule has 4 fully saturated rings. The second-order valence-electron chi connectivity index (χ2n) is 14.6. The van der Waals surface area contributed by atoms with Gasteiger partial charge in [-0.2, -0.15) is 0 Å². The van der Waals surface area contributed by atoms with Crippen LogP contribution in [0.3, 0.4) is 0 Å². The molecule has 11 rings (SSSR count). The third-order valence-corrected chi connectivity index (χ3v) is 12.2. The van der Waals surface area contributed by atoms with Gasteiger partial charge in [0, 0.05) is 22.5 Å². The maximum Gasteiger partial charge on any atom is 0.0467 e. The van der Waals surface area contributed by atoms with Crippen molar-refractivity contribution < 1.29 is 0 Å². The summed E-state index contributed by atoms with van der Waals surface area (Å²) in [5.74, 6) is 3.54. The lowest BCUT2D eigenvalue weighted by molar-refractivity contribution is -0.0399. The SMILES string of the molecule is c1ccc(-c2cccc(N(c3ccccc3)c3ccc(-c4ccc5c(c4)-c4ccccc4C54C5CC6CC(C5)CC4C6)cc3)c2)cc1. The summed E-state index contributed by atoms with van der Waals surface area (Å²) in [5, 5.41) is 0. The van der Waals surface area contributed by atoms with E-state index in [1.165, 1.54) is 65.5 Å². The first-order chi connectivity index (χ1) is 23.3. The zero-order valence-electron chi connectivity index (χ0n) is 26.7. The van der Waals surface area contributed by atoms with Crippen LogP contribution in [0.4, 0.5) is 17.1 Å². The van der Waals surface area contributed by atoms with Crippen molar-refractivity contribution in [3.8, 4) is 33.4 Å². The number of nitrogens with zero attached hydrogens (tertiary/aromatic N) is 1. The minimum atomic E-state index is 0.228. The summed E-state index contributed by atoms with van der Waals surface area (Å²) >= 11 is 0. The summed E-state index contributed by atoms with van der Waals surface area (Å²) in [7, 11) is 0. The van der Waals surface area contributed by atoms with Gasteiger partial charge >= 0.3 is 0 Å². The minimum absolute atomic E-state index is 0.228. The molecular weight excluding hydrogens is 567 g/mol. The predicted octanol–water partition coefficient (Wildman–Crippen LogP) is 12.2. The van der Waals surface area contributed by atoms with E-state index in [1.54, 1.807) is 11.1 Å². The Hall–Kier alpha value is -4.88. The van der Waals surface area contributed by atoms with Crippen LogP contribution >= 0.6 is 0 Å². The fraction of sp³-hybridized carbons (Fsp3) is 0.217. The first-order valence-corrected chi connectivity index (χ1v) is 17.6. The molecule has 1 heteroatoms. The van der Waals surface area contributed by atoms with E-state index in [2.05, 4.69) is 157 Å². The van der Waals surface area contributed by atoms with Crippen LogP contribution in [0.2, 0.25) is 0 Å². The van der Waals surface area contributed by atoms with Gasteiger partial charge in [-0.05, 0) is 143 Å². The van der Waals surface area contributed by atoms with Gasteiger partial charge in [-0.15, -0.1) is 0 Å². The Balaban J connectivity index is 1.04. The molecular formula is C46H39N. The van der Waals surface area contributed by atoms with Crippen molar-refractivity contribution in [2.45, 2.75) is 37.5 Å². The Bertz CT molecular complexity index is 2060. The Morgan fingerprint density at radius 2 is 0.915 bits per heavy atom. The van der Waals surface area contributed by atoms with Crippen LogP contribution in [0.25, 0.3) is 33.4 Å². The zero-order chi connectivity index (χ0) is 31.0. The van der Waals surface area contributed by atoms with Crippen molar-refractivity contribution in [1.29, 1.82) is 0 Å². The normalized spacial score (nSPS) is 24.7. The van der Waals surface area contributed by atoms with Gasteiger partial charge in [0.2, 0.25) is 0 Å². The van der Waals surface area contributed by atoms with E-state index in [1.807, 2.05) is 0 Å². The molecule has 5 aliphatic rings. The molecule has 5 aliphatic carbocycles. The van der Waals surface area contributed by atoms with Crippen LogP contribution in [0.1, 0.15) is 43.2 Å². The molecule has 4 saturated carbocycles. The summed E-state index contributed by atoms with van der Waals surface area (Å²) in [6, 6.07) is 56.4. The molecule has 1 nitrogen and oxygen atoms in total. The largest absolute Gasteiger partial charge is 0.310 e. The lowest BCUT2D eigenvalue weighted by atomic mass is 9.43. The fourth-order valence-electron chi connectivity index (χ4n) is 10.6. The number of hydrogen-bond acceptors (Lipinski definition) is 1. The first kappa shape index (κ1) is 27.3. The van der Waals surface area contributed by atoms with Crippen molar-refractivity contribution in [2.24, 2.45) is 23.7 Å². The third kappa shape index (κ3) is 4.15. The number of hydrogen-bond donors (Lipinski definition) is 0. The highest BCUT2D eigenvalue weighted by Gasteiger charge is 2.61. The lowest BCUT2D eigenvalue weighted by Gasteiger charge is -2.61. The topological polar surface area (TPSA) is 3.24 Å². The summed E-state index contributed by atoms with van der Waals surface area (Å²) in [5.41, 5.74) is 14.9. The van der Waals surface area contributed by atoms with Gasteiger partial charge in [0.15, 0.2) is 0 Å². The number of fused-ring (bicyclic) bond motifs is 3. The van der Waals surface area contributed by atoms with Gasteiger partial charge < -0.3 is 4.90 Å². The summed E-state index contributed by atoms with van der Waals surface area (Å²) in [6.07, 6.45) is 7.20. The number of para-hydroxylation sites is 1. The quantitative estimate of drug-likeness (QED) is 0.189. The first-order valence-electron chi connectivity index (χ1n) is 17.6. The fourth-order valence-corrected chi connectivity index (χ4v) is 10.6. The Morgan fingerprint density at radius 3 is 1.66 bits per heavy atom. The summed E-state index contributed by atoms with van der Waals surface area (Å²) < 4.78 is 0. The van der Waals surface area contributed by atoms with E-state index in [0.29, 0.717) is 0 Å². The van der Waals surface area contributed by atoms with Crippen LogP contribution in [0.5, 0.6) is 0 Å². The minimum Gasteiger partial charge on any atom is -0.310 e. The second kappa shape index (κ2) is 10.6. The molecule has 0 aliphatic heterocycles. The van der Waals surface area contributed by atoms with E-state index in [4.69, 9.17) is 0 Å². The maximum atomic E-state index is 2.53. The van der Waals surface area contributed by atoms with Crippen molar-refractivity contribution in [1.82, 2.24) is 0 Å². The van der Waals surface area contributed by atoms with E-state index >= 15 is 0 Å². The van der Waals surface area contributed by atoms with Gasteiger partial charge in [0.25, 0.3) is 0 Å². The van der Waals surface area contributed by atoms with Crippen molar-refractivity contribution in [3.63, 3.8) is 0 Å². The molecule has 0 heterocycles. The van der Waals surface area contributed by atoms with E-state index in [0.717, 1.165) is 40.7 Å². The van der Waals surface area contributed by atoms with Crippen molar-refractivity contribution >= 4 is 17.1 Å². The molecule has 0 saturated heterocycles. The van der Waals surface area contributed by atoms with Crippen LogP contribution in [0, 0.1) is 23.7 Å². The molecule has 0 radical (unpaired) electrons. The van der Waals surface area contributed by atoms with Gasteiger partial charge in [0.05, 0.1) is 0 Å². The van der Waals surface area contributed by atoms with E-state index in [9.17, 15) is 0 Å². The Morgan fingerprint density at radius 1 is 0.383 bits per heavy atom. The van der Waals surface area contributed by atoms with Gasteiger partial charge in [-0.25, -0.2) is 0 Å². The highest BCUT2D eigenvalue weighted by atomic mass is 15.1. The average Bonchev–Trinajstić information content (AvgIpc) is 3.42. The van der Waals surface area contributed by atoms with E-state index in [-0.39, 0.29) is 5.41 Å². The molecule has 0 amide bonds. The second-order valence-corrected chi connectivity index (χ2v) is 14.6. The molecule has 6 aromatic rings. The molecule has 0 atom stereocenters. The average molecular weight is 606 g/mol. The molecule has 228 valence electrons. The molecule has 0 unspecified atom stereocenters. The van der Waals surface area contributed by atoms with Gasteiger partial charge in [-0.3, -0.25) is 0 Å². The van der Waals surface area contributed by atoms with Crippen LogP contribution in [0.15, 0.2) is 152 Å². The van der Waals surface area contributed by atoms with Crippen molar-refractivity contribution in [2.75, 3.05) is 4.90 Å². The highest BCUT2D eigenvalue weighted by molar-refractivity contribution is 5.86. The zero-order valence-corrected chi connectivity index (χ0v) is 26.7. The lowest BCUT2D eigenvalue weighted by Crippen LogP contribution is -2.55.